The van der Waals surface area contributed by atoms with Gasteiger partial charge in [0.05, 0.1) is 13.4 Å². The van der Waals surface area contributed by atoms with E-state index in [0.717, 1.165) is 37.4 Å². The van der Waals surface area contributed by atoms with Crippen LogP contribution in [0.15, 0.2) is 18.2 Å². The van der Waals surface area contributed by atoms with Gasteiger partial charge in [-0.25, -0.2) is 13.1 Å². The van der Waals surface area contributed by atoms with Crippen molar-refractivity contribution in [3.8, 4) is 5.75 Å². The van der Waals surface area contributed by atoms with Gasteiger partial charge >= 0.3 is 0 Å². The van der Waals surface area contributed by atoms with Crippen LogP contribution in [0.3, 0.4) is 0 Å². The third-order valence-corrected chi connectivity index (χ3v) is 5.11. The molecule has 1 aliphatic heterocycles. The Kier molecular flexibility index (Phi) is 6.44. The molecule has 1 aromatic rings. The molecule has 1 heterocycles. The van der Waals surface area contributed by atoms with Crippen LogP contribution in [-0.2, 0) is 16.6 Å². The van der Waals surface area contributed by atoms with Crippen LogP contribution in [0, 0.1) is 12.8 Å². The lowest BCUT2D eigenvalue weighted by Crippen LogP contribution is -2.36. The van der Waals surface area contributed by atoms with Crippen LogP contribution in [0.5, 0.6) is 5.75 Å². The lowest BCUT2D eigenvalue weighted by Gasteiger charge is -2.33. The summed E-state index contributed by atoms with van der Waals surface area (Å²) in [5.41, 5.74) is 2.47. The first-order valence-electron chi connectivity index (χ1n) is 8.18. The zero-order chi connectivity index (χ0) is 16.9. The first-order chi connectivity index (χ1) is 10.9. The fraction of sp³-hybridized carbons (Fsp3) is 0.647. The molecule has 1 atom stereocenters. The second kappa shape index (κ2) is 8.13. The van der Waals surface area contributed by atoms with Gasteiger partial charge in [-0.3, -0.25) is 4.90 Å². The summed E-state index contributed by atoms with van der Waals surface area (Å²) in [6, 6.07) is 6.34. The predicted molar refractivity (Wildman–Crippen MR) is 93.2 cm³/mol. The number of sulfonamides is 1. The van der Waals surface area contributed by atoms with Gasteiger partial charge in [-0.2, -0.15) is 0 Å². The number of methoxy groups -OCH3 is 1. The van der Waals surface area contributed by atoms with E-state index in [1.54, 1.807) is 7.11 Å². The van der Waals surface area contributed by atoms with E-state index in [0.29, 0.717) is 12.5 Å². The number of nitrogens with zero attached hydrogens (tertiary/aromatic N) is 1. The summed E-state index contributed by atoms with van der Waals surface area (Å²) in [4.78, 5) is 2.47. The number of ether oxygens (including phenoxy) is 1. The number of benzene rings is 1. The molecule has 5 nitrogen and oxygen atoms in total. The molecule has 0 saturated carbocycles. The molecule has 1 aliphatic rings. The van der Waals surface area contributed by atoms with Crippen LogP contribution >= 0.6 is 0 Å². The van der Waals surface area contributed by atoms with Gasteiger partial charge in [0.25, 0.3) is 0 Å². The van der Waals surface area contributed by atoms with Crippen molar-refractivity contribution in [2.45, 2.75) is 32.7 Å². The second-order valence-electron chi connectivity index (χ2n) is 6.50. The molecule has 1 N–H and O–H groups in total. The average molecular weight is 340 g/mol. The predicted octanol–water partition coefficient (Wildman–Crippen LogP) is 2.15. The van der Waals surface area contributed by atoms with E-state index in [9.17, 15) is 8.42 Å². The minimum Gasteiger partial charge on any atom is -0.496 e. The minimum atomic E-state index is -3.07. The lowest BCUT2D eigenvalue weighted by atomic mass is 9.94. The van der Waals surface area contributed by atoms with Gasteiger partial charge in [-0.1, -0.05) is 12.1 Å². The molecule has 6 heteroatoms. The van der Waals surface area contributed by atoms with E-state index in [-0.39, 0.29) is 0 Å². The molecular weight excluding hydrogens is 312 g/mol. The van der Waals surface area contributed by atoms with Crippen molar-refractivity contribution in [1.29, 1.82) is 0 Å². The van der Waals surface area contributed by atoms with Crippen molar-refractivity contribution in [3.63, 3.8) is 0 Å². The maximum absolute atomic E-state index is 11.1. The van der Waals surface area contributed by atoms with E-state index in [4.69, 9.17) is 4.74 Å². The van der Waals surface area contributed by atoms with Crippen molar-refractivity contribution in [1.82, 2.24) is 9.62 Å². The third kappa shape index (κ3) is 6.12. The largest absolute Gasteiger partial charge is 0.496 e. The molecule has 23 heavy (non-hydrogen) atoms. The first-order valence-corrected chi connectivity index (χ1v) is 10.1. The Labute approximate surface area is 140 Å². The van der Waals surface area contributed by atoms with Gasteiger partial charge in [-0.15, -0.1) is 0 Å². The Balaban J connectivity index is 1.85. The van der Waals surface area contributed by atoms with Crippen LogP contribution in [0.4, 0.5) is 0 Å². The summed E-state index contributed by atoms with van der Waals surface area (Å²) >= 11 is 0. The standard InChI is InChI=1S/C17H28N2O3S/c1-14-11-16(6-7-17(14)22-2)13-19-10-4-5-15(12-19)8-9-18-23(3,20)21/h6-7,11,15,18H,4-5,8-10,12-13H2,1-3H3/t15-/m1/s1. The summed E-state index contributed by atoms with van der Waals surface area (Å²) < 4.78 is 30.2. The van der Waals surface area contributed by atoms with Gasteiger partial charge in [0.15, 0.2) is 0 Å². The number of piperidine rings is 1. The van der Waals surface area contributed by atoms with Gasteiger partial charge < -0.3 is 4.74 Å². The summed E-state index contributed by atoms with van der Waals surface area (Å²) in [6.07, 6.45) is 4.49. The molecule has 0 unspecified atom stereocenters. The van der Waals surface area contributed by atoms with E-state index in [1.165, 1.54) is 24.7 Å². The third-order valence-electron chi connectivity index (χ3n) is 4.39. The topological polar surface area (TPSA) is 58.6 Å². The quantitative estimate of drug-likeness (QED) is 0.826. The molecule has 2 rings (SSSR count). The van der Waals surface area contributed by atoms with Crippen LogP contribution in [0.25, 0.3) is 0 Å². The number of hydrogen-bond acceptors (Lipinski definition) is 4. The normalized spacial score (nSPS) is 19.7. The van der Waals surface area contributed by atoms with Gasteiger partial charge in [0.1, 0.15) is 5.75 Å². The van der Waals surface area contributed by atoms with E-state index in [1.807, 2.05) is 6.07 Å². The molecule has 0 amide bonds. The second-order valence-corrected chi connectivity index (χ2v) is 8.34. The van der Waals surface area contributed by atoms with Gasteiger partial charge in [-0.05, 0) is 55.8 Å². The lowest BCUT2D eigenvalue weighted by molar-refractivity contribution is 0.162. The maximum Gasteiger partial charge on any atom is 0.208 e. The van der Waals surface area contributed by atoms with E-state index in [2.05, 4.69) is 28.7 Å². The molecule has 0 spiro atoms. The SMILES string of the molecule is COc1ccc(CN2CCC[C@H](CCNS(C)(=O)=O)C2)cc1C. The zero-order valence-electron chi connectivity index (χ0n) is 14.3. The zero-order valence-corrected chi connectivity index (χ0v) is 15.2. The fourth-order valence-corrected chi connectivity index (χ4v) is 3.76. The highest BCUT2D eigenvalue weighted by Crippen LogP contribution is 2.23. The monoisotopic (exact) mass is 340 g/mol. The highest BCUT2D eigenvalue weighted by molar-refractivity contribution is 7.88. The summed E-state index contributed by atoms with van der Waals surface area (Å²) in [5, 5.41) is 0. The number of likely N-dealkylation sites (tertiary alicyclic amines) is 1. The molecule has 1 fully saturated rings. The molecule has 1 saturated heterocycles. The van der Waals surface area contributed by atoms with Crippen LogP contribution in [0.2, 0.25) is 0 Å². The van der Waals surface area contributed by atoms with Crippen molar-refractivity contribution in [2.75, 3.05) is 33.0 Å². The van der Waals surface area contributed by atoms with Gasteiger partial charge in [0.2, 0.25) is 10.0 Å². The van der Waals surface area contributed by atoms with E-state index >= 15 is 0 Å². The summed E-state index contributed by atoms with van der Waals surface area (Å²) in [7, 11) is -1.38. The minimum absolute atomic E-state index is 0.541. The van der Waals surface area contributed by atoms with Crippen molar-refractivity contribution >= 4 is 10.0 Å². The Morgan fingerprint density at radius 2 is 2.17 bits per heavy atom. The molecular formula is C17H28N2O3S. The first kappa shape index (κ1) is 18.2. The Morgan fingerprint density at radius 3 is 2.83 bits per heavy atom. The molecule has 130 valence electrons. The van der Waals surface area contributed by atoms with Crippen molar-refractivity contribution in [2.24, 2.45) is 5.92 Å². The Bertz CT molecular complexity index is 616. The Hall–Kier alpha value is -1.11. The highest BCUT2D eigenvalue weighted by Gasteiger charge is 2.20. The number of rotatable bonds is 7. The summed E-state index contributed by atoms with van der Waals surface area (Å²) in [6.45, 7) is 5.70. The average Bonchev–Trinajstić information content (AvgIpc) is 2.46. The van der Waals surface area contributed by atoms with Crippen molar-refractivity contribution in [3.05, 3.63) is 29.3 Å². The van der Waals surface area contributed by atoms with Crippen molar-refractivity contribution < 1.29 is 13.2 Å². The van der Waals surface area contributed by atoms with Crippen LogP contribution in [-0.4, -0.2) is 46.3 Å². The molecule has 0 radical (unpaired) electrons. The van der Waals surface area contributed by atoms with Gasteiger partial charge in [0, 0.05) is 19.6 Å². The van der Waals surface area contributed by atoms with Crippen LogP contribution in [0.1, 0.15) is 30.4 Å². The summed E-state index contributed by atoms with van der Waals surface area (Å²) in [5.74, 6) is 1.49. The molecule has 0 bridgehead atoms. The Morgan fingerprint density at radius 1 is 1.39 bits per heavy atom. The molecule has 0 aliphatic carbocycles. The smallest absolute Gasteiger partial charge is 0.208 e. The number of hydrogen-bond donors (Lipinski definition) is 1. The molecule has 0 aromatic heterocycles. The molecule has 1 aromatic carbocycles. The fourth-order valence-electron chi connectivity index (χ4n) is 3.28. The number of aryl methyl sites for hydroxylation is 1. The maximum atomic E-state index is 11.1. The number of nitrogens with one attached hydrogen (secondary N) is 1. The van der Waals surface area contributed by atoms with E-state index < -0.39 is 10.0 Å². The van der Waals surface area contributed by atoms with Crippen LogP contribution < -0.4 is 9.46 Å². The highest BCUT2D eigenvalue weighted by atomic mass is 32.2.